The summed E-state index contributed by atoms with van der Waals surface area (Å²) in [7, 11) is 0. The van der Waals surface area contributed by atoms with Crippen LogP contribution in [0.25, 0.3) is 0 Å². The molecule has 0 unspecified atom stereocenters. The molecule has 0 aromatic carbocycles. The largest absolute Gasteiger partial charge is 0.340 e. The van der Waals surface area contributed by atoms with Gasteiger partial charge in [-0.05, 0) is 5.41 Å². The summed E-state index contributed by atoms with van der Waals surface area (Å²) in [6.07, 6.45) is 0.233. The molecule has 20 heavy (non-hydrogen) atoms. The zero-order valence-electron chi connectivity index (χ0n) is 12.8. The van der Waals surface area contributed by atoms with Gasteiger partial charge in [0.05, 0.1) is 6.42 Å². The summed E-state index contributed by atoms with van der Waals surface area (Å²) >= 11 is 0. The molecule has 1 aromatic rings. The molecule has 6 heteroatoms. The normalized spacial score (nSPS) is 17.5. The van der Waals surface area contributed by atoms with E-state index in [-0.39, 0.29) is 12.3 Å². The van der Waals surface area contributed by atoms with Crippen molar-refractivity contribution in [3.8, 4) is 0 Å². The van der Waals surface area contributed by atoms with Crippen LogP contribution in [0.1, 0.15) is 32.5 Å². The summed E-state index contributed by atoms with van der Waals surface area (Å²) in [5.74, 6) is 1.06. The Labute approximate surface area is 120 Å². The maximum atomic E-state index is 12.2. The number of rotatable bonds is 3. The van der Waals surface area contributed by atoms with Crippen molar-refractivity contribution in [2.24, 2.45) is 5.41 Å². The van der Waals surface area contributed by atoms with Gasteiger partial charge in [0.2, 0.25) is 11.8 Å². The molecule has 1 aliphatic rings. The van der Waals surface area contributed by atoms with E-state index in [2.05, 4.69) is 35.8 Å². The van der Waals surface area contributed by atoms with E-state index in [0.717, 1.165) is 32.7 Å². The Morgan fingerprint density at radius 2 is 1.90 bits per heavy atom. The van der Waals surface area contributed by atoms with Gasteiger partial charge in [-0.3, -0.25) is 9.69 Å². The molecule has 0 saturated carbocycles. The molecule has 0 spiro atoms. The van der Waals surface area contributed by atoms with Crippen LogP contribution in [0.2, 0.25) is 0 Å². The first-order valence-electron chi connectivity index (χ1n) is 7.13. The Morgan fingerprint density at radius 1 is 1.25 bits per heavy atom. The van der Waals surface area contributed by atoms with Gasteiger partial charge < -0.3 is 9.42 Å². The lowest BCUT2D eigenvalue weighted by Gasteiger charge is -2.37. The van der Waals surface area contributed by atoms with Crippen molar-refractivity contribution in [3.05, 3.63) is 11.7 Å². The van der Waals surface area contributed by atoms with Gasteiger partial charge in [0, 0.05) is 39.6 Å². The fraction of sp³-hybridized carbons (Fsp3) is 0.786. The molecule has 0 aliphatic carbocycles. The number of amides is 1. The molecule has 1 fully saturated rings. The van der Waals surface area contributed by atoms with E-state index in [9.17, 15) is 4.79 Å². The summed E-state index contributed by atoms with van der Waals surface area (Å²) in [5.41, 5.74) is 0.300. The summed E-state index contributed by atoms with van der Waals surface area (Å²) in [4.78, 5) is 20.5. The summed E-state index contributed by atoms with van der Waals surface area (Å²) in [5, 5.41) is 3.77. The van der Waals surface area contributed by atoms with Crippen LogP contribution in [-0.2, 0) is 11.2 Å². The van der Waals surface area contributed by atoms with E-state index in [1.807, 2.05) is 4.90 Å². The second-order valence-electron chi connectivity index (χ2n) is 6.62. The van der Waals surface area contributed by atoms with E-state index < -0.39 is 0 Å². The Morgan fingerprint density at radius 3 is 2.40 bits per heavy atom. The van der Waals surface area contributed by atoms with Crippen LogP contribution < -0.4 is 0 Å². The number of hydrogen-bond donors (Lipinski definition) is 0. The van der Waals surface area contributed by atoms with Gasteiger partial charge in [0.25, 0.3) is 0 Å². The van der Waals surface area contributed by atoms with Gasteiger partial charge in [-0.25, -0.2) is 0 Å². The first-order chi connectivity index (χ1) is 9.33. The zero-order valence-corrected chi connectivity index (χ0v) is 12.8. The van der Waals surface area contributed by atoms with Crippen molar-refractivity contribution in [2.75, 3.05) is 32.7 Å². The third kappa shape index (κ3) is 4.30. The SMILES string of the molecule is Cc1nc(CC(=O)N2CCN(CC(C)(C)C)CC2)no1. The first kappa shape index (κ1) is 15.0. The average molecular weight is 280 g/mol. The third-order valence-electron chi connectivity index (χ3n) is 3.30. The highest BCUT2D eigenvalue weighted by Crippen LogP contribution is 2.16. The van der Waals surface area contributed by atoms with E-state index in [1.165, 1.54) is 0 Å². The van der Waals surface area contributed by atoms with E-state index in [1.54, 1.807) is 6.92 Å². The van der Waals surface area contributed by atoms with Gasteiger partial charge in [-0.2, -0.15) is 4.98 Å². The molecule has 2 rings (SSSR count). The van der Waals surface area contributed by atoms with E-state index >= 15 is 0 Å². The number of hydrogen-bond acceptors (Lipinski definition) is 5. The lowest BCUT2D eigenvalue weighted by molar-refractivity contribution is -0.132. The topological polar surface area (TPSA) is 62.5 Å². The van der Waals surface area contributed by atoms with Gasteiger partial charge in [0.15, 0.2) is 5.82 Å². The number of piperazine rings is 1. The molecule has 1 amide bonds. The number of nitrogens with zero attached hydrogens (tertiary/aromatic N) is 4. The predicted octanol–water partition coefficient (Wildman–Crippen LogP) is 1.11. The molecular formula is C14H24N4O2. The summed E-state index contributed by atoms with van der Waals surface area (Å²) < 4.78 is 4.88. The Kier molecular flexibility index (Phi) is 4.42. The number of aromatic nitrogens is 2. The van der Waals surface area contributed by atoms with Crippen molar-refractivity contribution in [3.63, 3.8) is 0 Å². The molecule has 112 valence electrons. The molecule has 0 bridgehead atoms. The van der Waals surface area contributed by atoms with Crippen LogP contribution in [-0.4, -0.2) is 58.6 Å². The molecule has 0 atom stereocenters. The molecule has 1 saturated heterocycles. The van der Waals surface area contributed by atoms with E-state index in [0.29, 0.717) is 17.1 Å². The fourth-order valence-corrected chi connectivity index (χ4v) is 2.49. The van der Waals surface area contributed by atoms with Crippen molar-refractivity contribution < 1.29 is 9.32 Å². The lowest BCUT2D eigenvalue weighted by Crippen LogP contribution is -2.50. The van der Waals surface area contributed by atoms with E-state index in [4.69, 9.17) is 4.52 Å². The Bertz CT molecular complexity index is 456. The van der Waals surface area contributed by atoms with Crippen molar-refractivity contribution in [1.29, 1.82) is 0 Å². The van der Waals surface area contributed by atoms with Gasteiger partial charge in [-0.1, -0.05) is 25.9 Å². The van der Waals surface area contributed by atoms with Gasteiger partial charge in [0.1, 0.15) is 0 Å². The summed E-state index contributed by atoms with van der Waals surface area (Å²) in [6, 6.07) is 0. The molecule has 0 radical (unpaired) electrons. The standard InChI is InChI=1S/C14H24N4O2/c1-11-15-12(16-20-11)9-13(19)18-7-5-17(6-8-18)10-14(2,3)4/h5-10H2,1-4H3. The van der Waals surface area contributed by atoms with Crippen molar-refractivity contribution in [2.45, 2.75) is 34.1 Å². The minimum Gasteiger partial charge on any atom is -0.340 e. The monoisotopic (exact) mass is 280 g/mol. The number of carbonyl (C=O) groups is 1. The quantitative estimate of drug-likeness (QED) is 0.830. The van der Waals surface area contributed by atoms with Crippen LogP contribution in [0, 0.1) is 12.3 Å². The molecule has 6 nitrogen and oxygen atoms in total. The molecule has 1 aromatic heterocycles. The maximum Gasteiger partial charge on any atom is 0.230 e. The van der Waals surface area contributed by atoms with Gasteiger partial charge >= 0.3 is 0 Å². The van der Waals surface area contributed by atoms with Crippen LogP contribution in [0.3, 0.4) is 0 Å². The fourth-order valence-electron chi connectivity index (χ4n) is 2.49. The van der Waals surface area contributed by atoms with Crippen LogP contribution in [0.4, 0.5) is 0 Å². The third-order valence-corrected chi connectivity index (χ3v) is 3.30. The minimum absolute atomic E-state index is 0.0845. The Hall–Kier alpha value is -1.43. The Balaban J connectivity index is 1.80. The first-order valence-corrected chi connectivity index (χ1v) is 7.13. The van der Waals surface area contributed by atoms with Crippen LogP contribution >= 0.6 is 0 Å². The molecule has 1 aliphatic heterocycles. The molecule has 0 N–H and O–H groups in total. The van der Waals surface area contributed by atoms with Crippen LogP contribution in [0.15, 0.2) is 4.52 Å². The van der Waals surface area contributed by atoms with Crippen molar-refractivity contribution in [1.82, 2.24) is 19.9 Å². The smallest absolute Gasteiger partial charge is 0.230 e. The molecule has 2 heterocycles. The maximum absolute atomic E-state index is 12.2. The highest BCUT2D eigenvalue weighted by molar-refractivity contribution is 5.78. The number of carbonyl (C=O) groups excluding carboxylic acids is 1. The second kappa shape index (κ2) is 5.91. The van der Waals surface area contributed by atoms with Crippen LogP contribution in [0.5, 0.6) is 0 Å². The number of aryl methyl sites for hydroxylation is 1. The molecular weight excluding hydrogens is 256 g/mol. The highest BCUT2D eigenvalue weighted by atomic mass is 16.5. The van der Waals surface area contributed by atoms with Crippen molar-refractivity contribution >= 4 is 5.91 Å². The average Bonchev–Trinajstić information content (AvgIpc) is 2.73. The highest BCUT2D eigenvalue weighted by Gasteiger charge is 2.24. The van der Waals surface area contributed by atoms with Gasteiger partial charge in [-0.15, -0.1) is 0 Å². The predicted molar refractivity (Wildman–Crippen MR) is 75.2 cm³/mol. The zero-order chi connectivity index (χ0) is 14.8. The minimum atomic E-state index is 0.0845. The lowest BCUT2D eigenvalue weighted by atomic mass is 9.96. The second-order valence-corrected chi connectivity index (χ2v) is 6.62. The summed E-state index contributed by atoms with van der Waals surface area (Å²) in [6.45, 7) is 13.0.